The predicted octanol–water partition coefficient (Wildman–Crippen LogP) is 0.279. The van der Waals surface area contributed by atoms with Crippen molar-refractivity contribution in [1.29, 1.82) is 0 Å². The lowest BCUT2D eigenvalue weighted by molar-refractivity contribution is -0.125. The smallest absolute Gasteiger partial charge is 0.318 e. The van der Waals surface area contributed by atoms with Gasteiger partial charge in [-0.3, -0.25) is 19.8 Å². The van der Waals surface area contributed by atoms with Gasteiger partial charge in [0.25, 0.3) is 0 Å². The van der Waals surface area contributed by atoms with Crippen LogP contribution in [0.4, 0.5) is 14.9 Å². The minimum Gasteiger partial charge on any atom is -0.351 e. The molecule has 0 saturated carbocycles. The quantitative estimate of drug-likeness (QED) is 0.725. The van der Waals surface area contributed by atoms with Gasteiger partial charge in [0.15, 0.2) is 0 Å². The molecule has 0 aromatic heterocycles. The van der Waals surface area contributed by atoms with Crippen molar-refractivity contribution in [2.75, 3.05) is 18.9 Å². The third-order valence-electron chi connectivity index (χ3n) is 2.79. The summed E-state index contributed by atoms with van der Waals surface area (Å²) in [5, 5.41) is 4.44. The molecule has 0 heterocycles. The number of urea groups is 1. The van der Waals surface area contributed by atoms with Gasteiger partial charge in [-0.05, 0) is 32.2 Å². The Bertz CT molecular complexity index is 550. The Morgan fingerprint density at radius 3 is 2.62 bits per heavy atom. The molecule has 0 spiro atoms. The van der Waals surface area contributed by atoms with Crippen LogP contribution in [0.1, 0.15) is 6.92 Å². The molecule has 0 bridgehead atoms. The first-order valence-corrected chi connectivity index (χ1v) is 6.15. The monoisotopic (exact) mass is 296 g/mol. The van der Waals surface area contributed by atoms with Gasteiger partial charge in [-0.25, -0.2) is 9.18 Å². The molecule has 0 aliphatic heterocycles. The fraction of sp³-hybridized carbons (Fsp3) is 0.308. The molecule has 0 unspecified atom stereocenters. The van der Waals surface area contributed by atoms with Crippen molar-refractivity contribution in [2.24, 2.45) is 5.73 Å². The van der Waals surface area contributed by atoms with Crippen molar-refractivity contribution >= 4 is 23.5 Å². The average Bonchev–Trinajstić information content (AvgIpc) is 2.36. The molecular weight excluding hydrogens is 279 g/mol. The van der Waals surface area contributed by atoms with Gasteiger partial charge in [-0.1, -0.05) is 6.07 Å². The Hall–Kier alpha value is -2.48. The molecule has 4 amide bonds. The van der Waals surface area contributed by atoms with Crippen molar-refractivity contribution in [2.45, 2.75) is 13.0 Å². The first kappa shape index (κ1) is 16.6. The van der Waals surface area contributed by atoms with Crippen LogP contribution in [0.2, 0.25) is 0 Å². The summed E-state index contributed by atoms with van der Waals surface area (Å²) < 4.78 is 13.0. The zero-order valence-electron chi connectivity index (χ0n) is 11.7. The van der Waals surface area contributed by atoms with Crippen LogP contribution in [-0.2, 0) is 9.59 Å². The van der Waals surface area contributed by atoms with E-state index in [0.29, 0.717) is 5.69 Å². The third kappa shape index (κ3) is 5.57. The van der Waals surface area contributed by atoms with Crippen molar-refractivity contribution in [1.82, 2.24) is 10.2 Å². The van der Waals surface area contributed by atoms with Crippen molar-refractivity contribution in [3.63, 3.8) is 0 Å². The van der Waals surface area contributed by atoms with E-state index in [1.54, 1.807) is 6.07 Å². The van der Waals surface area contributed by atoms with Crippen LogP contribution >= 0.6 is 0 Å². The molecule has 0 aliphatic carbocycles. The second-order valence-electron chi connectivity index (χ2n) is 4.50. The Balaban J connectivity index is 2.53. The summed E-state index contributed by atoms with van der Waals surface area (Å²) in [4.78, 5) is 35.3. The van der Waals surface area contributed by atoms with Crippen molar-refractivity contribution in [3.8, 4) is 0 Å². The van der Waals surface area contributed by atoms with E-state index in [1.165, 1.54) is 37.1 Å². The summed E-state index contributed by atoms with van der Waals surface area (Å²) in [6.07, 6.45) is 0. The maximum atomic E-state index is 13.0. The highest BCUT2D eigenvalue weighted by atomic mass is 19.1. The van der Waals surface area contributed by atoms with E-state index in [2.05, 4.69) is 5.32 Å². The van der Waals surface area contributed by atoms with Crippen LogP contribution < -0.4 is 16.4 Å². The number of rotatable bonds is 5. The third-order valence-corrected chi connectivity index (χ3v) is 2.79. The number of hydrogen-bond acceptors (Lipinski definition) is 4. The average molecular weight is 296 g/mol. The topological polar surface area (TPSA) is 105 Å². The number of imide groups is 1. The van der Waals surface area contributed by atoms with Crippen LogP contribution in [0.25, 0.3) is 0 Å². The Morgan fingerprint density at radius 1 is 1.38 bits per heavy atom. The number of benzene rings is 1. The van der Waals surface area contributed by atoms with E-state index >= 15 is 0 Å². The first-order chi connectivity index (χ1) is 9.79. The predicted molar refractivity (Wildman–Crippen MR) is 74.8 cm³/mol. The molecule has 0 aliphatic rings. The second-order valence-corrected chi connectivity index (χ2v) is 4.50. The molecule has 7 nitrogen and oxygen atoms in total. The molecule has 0 saturated heterocycles. The summed E-state index contributed by atoms with van der Waals surface area (Å²) >= 11 is 0. The number of carbonyl (C=O) groups is 3. The second kappa shape index (κ2) is 7.34. The number of carbonyl (C=O) groups excluding carboxylic acids is 3. The maximum absolute atomic E-state index is 13.0. The summed E-state index contributed by atoms with van der Waals surface area (Å²) in [6, 6.07) is 3.78. The van der Waals surface area contributed by atoms with Crippen molar-refractivity contribution < 1.29 is 18.8 Å². The number of primary amides is 1. The van der Waals surface area contributed by atoms with Crippen LogP contribution in [0.15, 0.2) is 24.3 Å². The SMILES string of the molecule is C[C@@H](C(=O)NC(N)=O)N(C)CC(=O)Nc1cccc(F)c1. The van der Waals surface area contributed by atoms with E-state index in [0.717, 1.165) is 0 Å². The Labute approximate surface area is 121 Å². The van der Waals surface area contributed by atoms with Gasteiger partial charge in [0.05, 0.1) is 12.6 Å². The molecule has 114 valence electrons. The molecular formula is C13H17FN4O3. The fourth-order valence-corrected chi connectivity index (χ4v) is 1.56. The Kier molecular flexibility index (Phi) is 5.79. The lowest BCUT2D eigenvalue weighted by Crippen LogP contribution is -2.48. The molecule has 1 atom stereocenters. The first-order valence-electron chi connectivity index (χ1n) is 6.15. The highest BCUT2D eigenvalue weighted by molar-refractivity contribution is 5.97. The van der Waals surface area contributed by atoms with E-state index < -0.39 is 29.7 Å². The molecule has 8 heteroatoms. The Morgan fingerprint density at radius 2 is 2.05 bits per heavy atom. The van der Waals surface area contributed by atoms with Crippen LogP contribution in [0.3, 0.4) is 0 Å². The van der Waals surface area contributed by atoms with E-state index in [1.807, 2.05) is 5.32 Å². The summed E-state index contributed by atoms with van der Waals surface area (Å²) in [5.41, 5.74) is 5.17. The minimum atomic E-state index is -0.954. The highest BCUT2D eigenvalue weighted by Gasteiger charge is 2.21. The number of hydrogen-bond donors (Lipinski definition) is 3. The number of nitrogens with one attached hydrogen (secondary N) is 2. The van der Waals surface area contributed by atoms with E-state index in [-0.39, 0.29) is 6.54 Å². The summed E-state index contributed by atoms with van der Waals surface area (Å²) in [5.74, 6) is -1.49. The molecule has 0 radical (unpaired) electrons. The minimum absolute atomic E-state index is 0.107. The normalized spacial score (nSPS) is 11.8. The number of nitrogens with zero attached hydrogens (tertiary/aromatic N) is 1. The van der Waals surface area contributed by atoms with Crippen LogP contribution in [0.5, 0.6) is 0 Å². The van der Waals surface area contributed by atoms with Gasteiger partial charge in [-0.2, -0.15) is 0 Å². The molecule has 4 N–H and O–H groups in total. The zero-order valence-corrected chi connectivity index (χ0v) is 11.7. The van der Waals surface area contributed by atoms with E-state index in [4.69, 9.17) is 5.73 Å². The summed E-state index contributed by atoms with van der Waals surface area (Å²) in [6.45, 7) is 1.41. The zero-order chi connectivity index (χ0) is 16.0. The molecule has 21 heavy (non-hydrogen) atoms. The number of halogens is 1. The van der Waals surface area contributed by atoms with Gasteiger partial charge < -0.3 is 11.1 Å². The van der Waals surface area contributed by atoms with Gasteiger partial charge in [0.2, 0.25) is 11.8 Å². The van der Waals surface area contributed by atoms with Crippen molar-refractivity contribution in [3.05, 3.63) is 30.1 Å². The number of nitrogens with two attached hydrogens (primary N) is 1. The molecule has 1 aromatic rings. The lowest BCUT2D eigenvalue weighted by Gasteiger charge is -2.22. The highest BCUT2D eigenvalue weighted by Crippen LogP contribution is 2.09. The van der Waals surface area contributed by atoms with Crippen LogP contribution in [-0.4, -0.2) is 42.4 Å². The lowest BCUT2D eigenvalue weighted by atomic mass is 10.2. The molecule has 1 rings (SSSR count). The fourth-order valence-electron chi connectivity index (χ4n) is 1.56. The number of amides is 4. The number of anilines is 1. The maximum Gasteiger partial charge on any atom is 0.318 e. The number of likely N-dealkylation sites (N-methyl/N-ethyl adjacent to an activating group) is 1. The molecule has 1 aromatic carbocycles. The van der Waals surface area contributed by atoms with Crippen LogP contribution in [0, 0.1) is 5.82 Å². The van der Waals surface area contributed by atoms with Gasteiger partial charge in [-0.15, -0.1) is 0 Å². The van der Waals surface area contributed by atoms with Gasteiger partial charge in [0, 0.05) is 5.69 Å². The van der Waals surface area contributed by atoms with Gasteiger partial charge >= 0.3 is 6.03 Å². The molecule has 0 fully saturated rings. The standard InChI is InChI=1S/C13H17FN4O3/c1-8(12(20)17-13(15)21)18(2)7-11(19)16-10-5-3-4-9(14)6-10/h3-6,8H,7H2,1-2H3,(H,16,19)(H3,15,17,20,21)/t8-/m0/s1. The summed E-state index contributed by atoms with van der Waals surface area (Å²) in [7, 11) is 1.54. The largest absolute Gasteiger partial charge is 0.351 e. The van der Waals surface area contributed by atoms with E-state index in [9.17, 15) is 18.8 Å². The van der Waals surface area contributed by atoms with Gasteiger partial charge in [0.1, 0.15) is 5.82 Å².